The van der Waals surface area contributed by atoms with Crippen molar-refractivity contribution in [3.63, 3.8) is 0 Å². The number of aliphatic hydroxyl groups is 1. The summed E-state index contributed by atoms with van der Waals surface area (Å²) < 4.78 is 22.6. The second-order valence-corrected chi connectivity index (χ2v) is 11.3. The van der Waals surface area contributed by atoms with Gasteiger partial charge in [-0.05, 0) is 56.4 Å². The van der Waals surface area contributed by atoms with Crippen molar-refractivity contribution in [3.8, 4) is 5.75 Å². The van der Waals surface area contributed by atoms with Crippen LogP contribution in [0.25, 0.3) is 0 Å². The highest BCUT2D eigenvalue weighted by atomic mass is 16.7. The topological polar surface area (TPSA) is 124 Å². The van der Waals surface area contributed by atoms with Gasteiger partial charge in [0, 0.05) is 17.9 Å². The van der Waals surface area contributed by atoms with Crippen molar-refractivity contribution in [1.82, 2.24) is 5.32 Å². The zero-order valence-electron chi connectivity index (χ0n) is 22.3. The van der Waals surface area contributed by atoms with Crippen molar-refractivity contribution in [1.29, 1.82) is 0 Å². The molecule has 9 nitrogen and oxygen atoms in total. The Morgan fingerprint density at radius 3 is 2.53 bits per heavy atom. The summed E-state index contributed by atoms with van der Waals surface area (Å²) in [7, 11) is 1.61. The van der Waals surface area contributed by atoms with Gasteiger partial charge in [-0.3, -0.25) is 9.59 Å². The van der Waals surface area contributed by atoms with Crippen LogP contribution in [0.3, 0.4) is 0 Å². The summed E-state index contributed by atoms with van der Waals surface area (Å²) in [5.41, 5.74) is -2.89. The van der Waals surface area contributed by atoms with Crippen LogP contribution >= 0.6 is 0 Å². The molecule has 3 heterocycles. The number of amides is 1. The van der Waals surface area contributed by atoms with E-state index in [1.165, 1.54) is 6.92 Å². The number of nitrogens with one attached hydrogen (secondary N) is 1. The molecule has 1 aromatic carbocycles. The molecule has 38 heavy (non-hydrogen) atoms. The Bertz CT molecular complexity index is 1190. The fraction of sp³-hybridized carbons (Fsp3) is 0.552. The van der Waals surface area contributed by atoms with E-state index in [-0.39, 0.29) is 18.1 Å². The summed E-state index contributed by atoms with van der Waals surface area (Å²) in [6.45, 7) is 7.12. The molecule has 5 rings (SSSR count). The van der Waals surface area contributed by atoms with E-state index in [1.807, 2.05) is 50.3 Å². The molecule has 1 aromatic rings. The number of carbonyl (C=O) groups is 3. The monoisotopic (exact) mass is 525 g/mol. The Hall–Kier alpha value is -3.17. The summed E-state index contributed by atoms with van der Waals surface area (Å²) in [6, 6.07) is 7.32. The molecule has 2 saturated heterocycles. The second kappa shape index (κ2) is 9.24. The average Bonchev–Trinajstić information content (AvgIpc) is 3.49. The highest BCUT2D eigenvalue weighted by Crippen LogP contribution is 2.63. The quantitative estimate of drug-likeness (QED) is 0.351. The number of ether oxygens (including phenoxy) is 4. The molecule has 1 aliphatic carbocycles. The van der Waals surface area contributed by atoms with Crippen LogP contribution in [0, 0.1) is 23.7 Å². The summed E-state index contributed by atoms with van der Waals surface area (Å²) in [4.78, 5) is 39.7. The zero-order valence-corrected chi connectivity index (χ0v) is 22.3. The van der Waals surface area contributed by atoms with Crippen molar-refractivity contribution < 1.29 is 38.4 Å². The van der Waals surface area contributed by atoms with E-state index < -0.39 is 52.4 Å². The number of epoxide rings is 1. The number of carbonyl (C=O) groups excluding carboxylic acids is 3. The number of benzene rings is 1. The molecular formula is C29H35NO8. The Morgan fingerprint density at radius 1 is 1.13 bits per heavy atom. The number of methoxy groups -OCH3 is 1. The standard InChI is InChI=1S/C29H35NO8/c1-16-7-6-8-20-24-28(4,37-24)17(2)22-21(15-18-9-11-19(35-5)12-10-18)30-25(32)29(20,22)38-26(33)36-14-13-27(3,34)23(16)31/h6,8-14,16-17,20-22,24,34H,7,15H2,1-5H3,(H,30,32)/b8-6+,14-13-. The van der Waals surface area contributed by atoms with Crippen molar-refractivity contribution in [2.75, 3.05) is 7.11 Å². The number of Topliss-reactive ketones (excluding diaryl/α,β-unsaturated/α-hetero) is 1. The molecule has 3 fully saturated rings. The largest absolute Gasteiger partial charge is 0.514 e. The Balaban J connectivity index is 1.55. The first kappa shape index (κ1) is 26.4. The fourth-order valence-electron chi connectivity index (χ4n) is 6.65. The van der Waals surface area contributed by atoms with E-state index in [4.69, 9.17) is 18.9 Å². The summed E-state index contributed by atoms with van der Waals surface area (Å²) in [6.07, 6.45) is 5.15. The molecule has 1 amide bonds. The highest BCUT2D eigenvalue weighted by Gasteiger charge is 2.78. The molecule has 9 heteroatoms. The maximum atomic E-state index is 13.9. The minimum atomic E-state index is -1.82. The Kier molecular flexibility index (Phi) is 6.43. The van der Waals surface area contributed by atoms with Gasteiger partial charge in [-0.1, -0.05) is 38.1 Å². The highest BCUT2D eigenvalue weighted by molar-refractivity contribution is 5.92. The first-order valence-corrected chi connectivity index (χ1v) is 13.1. The summed E-state index contributed by atoms with van der Waals surface area (Å²) in [5, 5.41) is 13.7. The molecule has 3 aliphatic heterocycles. The predicted octanol–water partition coefficient (Wildman–Crippen LogP) is 3.10. The number of cyclic esters (lactones) is 1. The second-order valence-electron chi connectivity index (χ2n) is 11.3. The van der Waals surface area contributed by atoms with Gasteiger partial charge in [-0.2, -0.15) is 0 Å². The van der Waals surface area contributed by atoms with Gasteiger partial charge in [-0.15, -0.1) is 0 Å². The lowest BCUT2D eigenvalue weighted by Gasteiger charge is -2.45. The van der Waals surface area contributed by atoms with Gasteiger partial charge in [0.05, 0.1) is 31.0 Å². The van der Waals surface area contributed by atoms with E-state index >= 15 is 0 Å². The lowest BCUT2D eigenvalue weighted by Crippen LogP contribution is -2.61. The van der Waals surface area contributed by atoms with Crippen LogP contribution in [-0.4, -0.2) is 59.0 Å². The number of fused-ring (bicyclic) bond motifs is 2. The van der Waals surface area contributed by atoms with E-state index in [2.05, 4.69) is 5.32 Å². The number of allylic oxidation sites excluding steroid dienone is 1. The lowest BCUT2D eigenvalue weighted by molar-refractivity contribution is -0.153. The van der Waals surface area contributed by atoms with Gasteiger partial charge in [-0.25, -0.2) is 4.79 Å². The number of hydrogen-bond acceptors (Lipinski definition) is 8. The smallest absolute Gasteiger partial charge is 0.497 e. The molecule has 2 N–H and O–H groups in total. The minimum absolute atomic E-state index is 0.125. The SMILES string of the molecule is COc1ccc(CC2NC(=O)C34OC(=O)O/C=C\C(C)(O)C(=O)C(C)C/C=C/C3C3OC3(C)C(C)C24)cc1. The molecule has 4 aliphatic rings. The van der Waals surface area contributed by atoms with Crippen molar-refractivity contribution >= 4 is 17.8 Å². The van der Waals surface area contributed by atoms with E-state index in [0.29, 0.717) is 12.8 Å². The Labute approximate surface area is 222 Å². The summed E-state index contributed by atoms with van der Waals surface area (Å²) >= 11 is 0. The maximum Gasteiger partial charge on any atom is 0.514 e. The minimum Gasteiger partial charge on any atom is -0.497 e. The maximum absolute atomic E-state index is 13.9. The van der Waals surface area contributed by atoms with Crippen LogP contribution in [0.4, 0.5) is 4.79 Å². The number of ketones is 1. The zero-order chi connectivity index (χ0) is 27.5. The molecule has 9 atom stereocenters. The van der Waals surface area contributed by atoms with E-state index in [0.717, 1.165) is 23.7 Å². The van der Waals surface area contributed by atoms with Gasteiger partial charge in [0.25, 0.3) is 5.91 Å². The molecule has 0 bridgehead atoms. The summed E-state index contributed by atoms with van der Waals surface area (Å²) in [5.74, 6) is -1.71. The number of rotatable bonds is 3. The molecule has 0 radical (unpaired) electrons. The molecule has 204 valence electrons. The molecule has 9 unspecified atom stereocenters. The van der Waals surface area contributed by atoms with Crippen LogP contribution < -0.4 is 10.1 Å². The Morgan fingerprint density at radius 2 is 1.84 bits per heavy atom. The van der Waals surface area contributed by atoms with Crippen LogP contribution in [0.2, 0.25) is 0 Å². The molecular weight excluding hydrogens is 490 g/mol. The van der Waals surface area contributed by atoms with Crippen LogP contribution in [0.1, 0.15) is 39.7 Å². The molecule has 0 aromatic heterocycles. The van der Waals surface area contributed by atoms with E-state index in [1.54, 1.807) is 14.0 Å². The van der Waals surface area contributed by atoms with Crippen molar-refractivity contribution in [2.45, 2.75) is 69.5 Å². The first-order valence-electron chi connectivity index (χ1n) is 13.1. The van der Waals surface area contributed by atoms with Gasteiger partial charge in [0.2, 0.25) is 5.60 Å². The lowest BCUT2D eigenvalue weighted by atomic mass is 9.59. The molecule has 1 spiro atoms. The van der Waals surface area contributed by atoms with Crippen LogP contribution in [0.5, 0.6) is 5.75 Å². The fourth-order valence-corrected chi connectivity index (χ4v) is 6.65. The van der Waals surface area contributed by atoms with Crippen LogP contribution in [-0.2, 0) is 30.2 Å². The third-order valence-corrected chi connectivity index (χ3v) is 8.96. The van der Waals surface area contributed by atoms with Crippen LogP contribution in [0.15, 0.2) is 48.8 Å². The van der Waals surface area contributed by atoms with Gasteiger partial charge in [0.15, 0.2) is 5.78 Å². The third-order valence-electron chi connectivity index (χ3n) is 8.96. The predicted molar refractivity (Wildman–Crippen MR) is 136 cm³/mol. The van der Waals surface area contributed by atoms with Gasteiger partial charge in [0.1, 0.15) is 11.4 Å². The molecule has 1 saturated carbocycles. The van der Waals surface area contributed by atoms with Crippen molar-refractivity contribution in [3.05, 3.63) is 54.3 Å². The van der Waals surface area contributed by atoms with Gasteiger partial charge < -0.3 is 29.4 Å². The van der Waals surface area contributed by atoms with E-state index in [9.17, 15) is 19.5 Å². The van der Waals surface area contributed by atoms with Crippen molar-refractivity contribution in [2.24, 2.45) is 23.7 Å². The first-order chi connectivity index (χ1) is 17.9. The normalized spacial score (nSPS) is 43.9. The van der Waals surface area contributed by atoms with Gasteiger partial charge >= 0.3 is 6.16 Å². The number of hydrogen-bond donors (Lipinski definition) is 2. The third kappa shape index (κ3) is 4.12. The average molecular weight is 526 g/mol.